The summed E-state index contributed by atoms with van der Waals surface area (Å²) in [6, 6.07) is 52.7. The van der Waals surface area contributed by atoms with Crippen molar-refractivity contribution in [1.29, 1.82) is 0 Å². The number of para-hydroxylation sites is 1. The molecule has 9 aromatic rings. The van der Waals surface area contributed by atoms with Gasteiger partial charge in [0.05, 0.1) is 0 Å². The molecule has 2 heterocycles. The summed E-state index contributed by atoms with van der Waals surface area (Å²) in [6.07, 6.45) is 0. The van der Waals surface area contributed by atoms with Crippen molar-refractivity contribution < 1.29 is 4.42 Å². The Morgan fingerprint density at radius 3 is 1.70 bits per heavy atom. The van der Waals surface area contributed by atoms with Gasteiger partial charge in [0.25, 0.3) is 0 Å². The minimum Gasteiger partial charge on any atom is -0.456 e. The normalized spacial score (nSPS) is 11.8. The van der Waals surface area contributed by atoms with Crippen LogP contribution in [0.4, 0.5) is 0 Å². The average molecular weight is 600 g/mol. The second-order valence-electron chi connectivity index (χ2n) is 12.0. The number of hydrogen-bond acceptors (Lipinski definition) is 4. The van der Waals surface area contributed by atoms with Crippen LogP contribution in [-0.2, 0) is 0 Å². The molecule has 0 amide bonds. The van der Waals surface area contributed by atoms with Crippen molar-refractivity contribution in [2.45, 2.75) is 0 Å². The third-order valence-corrected chi connectivity index (χ3v) is 9.31. The van der Waals surface area contributed by atoms with Gasteiger partial charge in [0, 0.05) is 27.5 Å². The number of aromatic nitrogens is 3. The average Bonchev–Trinajstić information content (AvgIpc) is 3.68. The van der Waals surface area contributed by atoms with Gasteiger partial charge >= 0.3 is 0 Å². The highest BCUT2D eigenvalue weighted by Gasteiger charge is 2.23. The third kappa shape index (κ3) is 4.05. The first-order chi connectivity index (χ1) is 23.3. The van der Waals surface area contributed by atoms with E-state index in [0.29, 0.717) is 17.5 Å². The van der Waals surface area contributed by atoms with Crippen LogP contribution in [-0.4, -0.2) is 15.0 Å². The summed E-state index contributed by atoms with van der Waals surface area (Å²) >= 11 is 0. The summed E-state index contributed by atoms with van der Waals surface area (Å²) in [4.78, 5) is 15.3. The van der Waals surface area contributed by atoms with Gasteiger partial charge in [-0.15, -0.1) is 0 Å². The number of nitrogens with zero attached hydrogens (tertiary/aromatic N) is 3. The summed E-state index contributed by atoms with van der Waals surface area (Å²) in [5.41, 5.74) is 11.8. The molecular weight excluding hydrogens is 574 g/mol. The third-order valence-electron chi connectivity index (χ3n) is 9.31. The van der Waals surface area contributed by atoms with Crippen LogP contribution in [0.15, 0.2) is 156 Å². The Hall–Kier alpha value is -6.39. The standard InChI is InChI=1S/C43H25N3O/c1-2-9-26(10-3-1)27-17-19-28(20-18-27)41-44-42(29-21-22-33-32-13-6-7-16-38(32)47-39(33)25-29)46-43(45-41)37-24-23-36-31-12-5-4-11-30(31)34-14-8-15-35(37)40(34)36/h1-25H. The van der Waals surface area contributed by atoms with E-state index in [-0.39, 0.29) is 0 Å². The molecule has 10 rings (SSSR count). The maximum atomic E-state index is 6.25. The van der Waals surface area contributed by atoms with E-state index >= 15 is 0 Å². The van der Waals surface area contributed by atoms with Crippen LogP contribution >= 0.6 is 0 Å². The fourth-order valence-electron chi connectivity index (χ4n) is 7.07. The summed E-state index contributed by atoms with van der Waals surface area (Å²) < 4.78 is 6.25. The second-order valence-corrected chi connectivity index (χ2v) is 12.0. The molecule has 1 aliphatic rings. The van der Waals surface area contributed by atoms with Gasteiger partial charge in [-0.1, -0.05) is 127 Å². The second kappa shape index (κ2) is 10.1. The smallest absolute Gasteiger partial charge is 0.164 e. The van der Waals surface area contributed by atoms with Crippen molar-refractivity contribution in [3.8, 4) is 67.5 Å². The van der Waals surface area contributed by atoms with E-state index in [1.54, 1.807) is 0 Å². The summed E-state index contributed by atoms with van der Waals surface area (Å²) in [5, 5.41) is 4.54. The molecule has 2 aromatic heterocycles. The molecule has 0 aliphatic heterocycles. The lowest BCUT2D eigenvalue weighted by Gasteiger charge is -2.12. The molecule has 0 saturated heterocycles. The molecular formula is C43H25N3O. The first-order valence-corrected chi connectivity index (χ1v) is 15.8. The van der Waals surface area contributed by atoms with Gasteiger partial charge < -0.3 is 4.42 Å². The van der Waals surface area contributed by atoms with Gasteiger partial charge in [-0.25, -0.2) is 15.0 Å². The summed E-state index contributed by atoms with van der Waals surface area (Å²) in [5.74, 6) is 1.87. The van der Waals surface area contributed by atoms with Gasteiger partial charge in [-0.2, -0.15) is 0 Å². The Balaban J connectivity index is 1.17. The number of furan rings is 1. The predicted molar refractivity (Wildman–Crippen MR) is 191 cm³/mol. The number of rotatable bonds is 4. The van der Waals surface area contributed by atoms with E-state index in [4.69, 9.17) is 19.4 Å². The minimum absolute atomic E-state index is 0.603. The monoisotopic (exact) mass is 599 g/mol. The van der Waals surface area contributed by atoms with Gasteiger partial charge in [0.2, 0.25) is 0 Å². The van der Waals surface area contributed by atoms with E-state index in [9.17, 15) is 0 Å². The Morgan fingerprint density at radius 2 is 0.872 bits per heavy atom. The first-order valence-electron chi connectivity index (χ1n) is 15.8. The zero-order valence-electron chi connectivity index (χ0n) is 25.2. The lowest BCUT2D eigenvalue weighted by atomic mass is 9.98. The van der Waals surface area contributed by atoms with E-state index in [2.05, 4.69) is 121 Å². The Kier molecular flexibility index (Phi) is 5.54. The van der Waals surface area contributed by atoms with Gasteiger partial charge in [-0.3, -0.25) is 0 Å². The molecule has 0 unspecified atom stereocenters. The van der Waals surface area contributed by atoms with Crippen molar-refractivity contribution in [2.75, 3.05) is 0 Å². The van der Waals surface area contributed by atoms with Crippen LogP contribution in [0, 0.1) is 0 Å². The minimum atomic E-state index is 0.603. The number of fused-ring (bicyclic) bond motifs is 6. The summed E-state index contributed by atoms with van der Waals surface area (Å²) in [6.45, 7) is 0. The van der Waals surface area contributed by atoms with Gasteiger partial charge in [0.1, 0.15) is 11.2 Å². The molecule has 0 spiro atoms. The largest absolute Gasteiger partial charge is 0.456 e. The molecule has 218 valence electrons. The molecule has 7 aromatic carbocycles. The lowest BCUT2D eigenvalue weighted by Crippen LogP contribution is -2.00. The molecule has 0 bridgehead atoms. The maximum Gasteiger partial charge on any atom is 0.164 e. The summed E-state index contributed by atoms with van der Waals surface area (Å²) in [7, 11) is 0. The zero-order valence-corrected chi connectivity index (χ0v) is 25.2. The highest BCUT2D eigenvalue weighted by Crippen LogP contribution is 2.49. The molecule has 0 saturated carbocycles. The number of hydrogen-bond donors (Lipinski definition) is 0. The maximum absolute atomic E-state index is 6.25. The van der Waals surface area contributed by atoms with Crippen LogP contribution < -0.4 is 0 Å². The molecule has 0 atom stereocenters. The Labute approximate surface area is 270 Å². The highest BCUT2D eigenvalue weighted by molar-refractivity contribution is 6.18. The van der Waals surface area contributed by atoms with Crippen LogP contribution in [0.2, 0.25) is 0 Å². The lowest BCUT2D eigenvalue weighted by molar-refractivity contribution is 0.669. The van der Waals surface area contributed by atoms with E-state index in [0.717, 1.165) is 49.6 Å². The van der Waals surface area contributed by atoms with Crippen LogP contribution in [0.25, 0.3) is 100 Å². The number of benzene rings is 7. The van der Waals surface area contributed by atoms with Crippen LogP contribution in [0.3, 0.4) is 0 Å². The fourth-order valence-corrected chi connectivity index (χ4v) is 7.07. The van der Waals surface area contributed by atoms with Crippen LogP contribution in [0.1, 0.15) is 0 Å². The SMILES string of the molecule is c1ccc(-c2ccc(-c3nc(-c4ccc5c(c4)oc4ccccc45)nc(-c4ccc5c6c(cccc46)-c4ccccc4-5)n3)cc2)cc1. The molecule has 47 heavy (non-hydrogen) atoms. The Bertz CT molecular complexity index is 2640. The van der Waals surface area contributed by atoms with E-state index in [1.165, 1.54) is 33.2 Å². The van der Waals surface area contributed by atoms with Crippen molar-refractivity contribution in [2.24, 2.45) is 0 Å². The van der Waals surface area contributed by atoms with E-state index < -0.39 is 0 Å². The molecule has 1 aliphatic carbocycles. The molecule has 0 radical (unpaired) electrons. The quantitative estimate of drug-likeness (QED) is 0.202. The van der Waals surface area contributed by atoms with Crippen molar-refractivity contribution >= 4 is 32.7 Å². The van der Waals surface area contributed by atoms with Crippen molar-refractivity contribution in [1.82, 2.24) is 15.0 Å². The first kappa shape index (κ1) is 25.9. The zero-order chi connectivity index (χ0) is 30.9. The van der Waals surface area contributed by atoms with Gasteiger partial charge in [0.15, 0.2) is 17.5 Å². The van der Waals surface area contributed by atoms with Crippen LogP contribution in [0.5, 0.6) is 0 Å². The predicted octanol–water partition coefficient (Wildman–Crippen LogP) is 11.2. The van der Waals surface area contributed by atoms with Gasteiger partial charge in [-0.05, 0) is 68.4 Å². The van der Waals surface area contributed by atoms with Crippen molar-refractivity contribution in [3.63, 3.8) is 0 Å². The molecule has 0 N–H and O–H groups in total. The molecule has 0 fully saturated rings. The highest BCUT2D eigenvalue weighted by atomic mass is 16.3. The van der Waals surface area contributed by atoms with Crippen molar-refractivity contribution in [3.05, 3.63) is 152 Å². The topological polar surface area (TPSA) is 51.8 Å². The van der Waals surface area contributed by atoms with E-state index in [1.807, 2.05) is 30.3 Å². The fraction of sp³-hybridized carbons (Fsp3) is 0. The molecule has 4 nitrogen and oxygen atoms in total. The Morgan fingerprint density at radius 1 is 0.319 bits per heavy atom. The molecule has 4 heteroatoms.